The van der Waals surface area contributed by atoms with Gasteiger partial charge in [-0.25, -0.2) is 0 Å². The number of phenols is 1. The highest BCUT2D eigenvalue weighted by molar-refractivity contribution is 6.02. The van der Waals surface area contributed by atoms with Crippen LogP contribution >= 0.6 is 0 Å². The number of benzene rings is 2. The fourth-order valence-corrected chi connectivity index (χ4v) is 3.08. The van der Waals surface area contributed by atoms with Crippen molar-refractivity contribution >= 4 is 17.5 Å². The predicted octanol–water partition coefficient (Wildman–Crippen LogP) is 3.67. The minimum absolute atomic E-state index is 0.00500. The van der Waals surface area contributed by atoms with E-state index in [0.717, 1.165) is 23.8 Å². The normalized spacial score (nSPS) is 11.3. The van der Waals surface area contributed by atoms with Gasteiger partial charge in [-0.15, -0.1) is 0 Å². The molecule has 1 aromatic heterocycles. The van der Waals surface area contributed by atoms with Crippen molar-refractivity contribution in [2.75, 3.05) is 11.9 Å². The number of amides is 2. The summed E-state index contributed by atoms with van der Waals surface area (Å²) in [6.45, 7) is 3.77. The number of pyridine rings is 1. The minimum atomic E-state index is -0.471. The fraction of sp³-hybridized carbons (Fsp3) is 0.125. The molecule has 3 rings (SSSR count). The van der Waals surface area contributed by atoms with Crippen molar-refractivity contribution in [2.45, 2.75) is 12.3 Å². The largest absolute Gasteiger partial charge is 0.506 e. The first-order valence-corrected chi connectivity index (χ1v) is 9.56. The van der Waals surface area contributed by atoms with Crippen LogP contribution < -0.4 is 10.6 Å². The molecule has 0 fully saturated rings. The highest BCUT2D eigenvalue weighted by Gasteiger charge is 2.17. The summed E-state index contributed by atoms with van der Waals surface area (Å²) < 4.78 is 0. The Labute approximate surface area is 175 Å². The average Bonchev–Trinajstić information content (AvgIpc) is 2.79. The molecule has 0 unspecified atom stereocenters. The number of rotatable bonds is 8. The molecule has 3 aromatic rings. The average molecular weight is 401 g/mol. The molecule has 0 saturated heterocycles. The van der Waals surface area contributed by atoms with Gasteiger partial charge in [0, 0.05) is 29.9 Å². The van der Waals surface area contributed by atoms with Gasteiger partial charge >= 0.3 is 0 Å². The van der Waals surface area contributed by atoms with E-state index >= 15 is 0 Å². The van der Waals surface area contributed by atoms with Crippen molar-refractivity contribution in [3.8, 4) is 5.75 Å². The van der Waals surface area contributed by atoms with Crippen LogP contribution in [0.1, 0.15) is 27.5 Å². The molecule has 6 nitrogen and oxygen atoms in total. The number of phenolic OH excluding ortho intramolecular Hbond substituents is 1. The molecule has 1 atom stereocenters. The number of nitrogens with zero attached hydrogens (tertiary/aromatic N) is 1. The lowest BCUT2D eigenvalue weighted by atomic mass is 9.95. The molecule has 0 saturated carbocycles. The number of hydrogen-bond donors (Lipinski definition) is 3. The molecule has 0 aliphatic heterocycles. The molecular weight excluding hydrogens is 378 g/mol. The first kappa shape index (κ1) is 20.8. The Bertz CT molecular complexity index is 1020. The van der Waals surface area contributed by atoms with Gasteiger partial charge in [-0.05, 0) is 48.4 Å². The summed E-state index contributed by atoms with van der Waals surface area (Å²) in [6.07, 6.45) is 3.56. The number of carbonyl (C=O) groups excluding carboxylic acids is 2. The van der Waals surface area contributed by atoms with Crippen molar-refractivity contribution in [1.29, 1.82) is 0 Å². The van der Waals surface area contributed by atoms with Gasteiger partial charge in [-0.3, -0.25) is 14.6 Å². The van der Waals surface area contributed by atoms with E-state index in [1.807, 2.05) is 48.5 Å². The maximum Gasteiger partial charge on any atom is 0.251 e. The first-order chi connectivity index (χ1) is 14.6. The molecule has 0 aliphatic rings. The standard InChI is InChI=1S/C24H23N3O3/c1-2-23(29)27-21-15-18(11-12-22(21)28)24(30)26-16-19(20-10-6-7-13-25-20)14-17-8-4-3-5-9-17/h2-13,15,19,28H,1,14,16H2,(H,26,30)(H,27,29)/t19-/m0/s1. The third-order valence-corrected chi connectivity index (χ3v) is 4.64. The van der Waals surface area contributed by atoms with Crippen LogP contribution in [0.4, 0.5) is 5.69 Å². The van der Waals surface area contributed by atoms with Crippen molar-refractivity contribution in [3.05, 3.63) is 102 Å². The molecule has 3 N–H and O–H groups in total. The summed E-state index contributed by atoms with van der Waals surface area (Å²) in [4.78, 5) is 28.7. The molecule has 30 heavy (non-hydrogen) atoms. The van der Waals surface area contributed by atoms with Gasteiger partial charge < -0.3 is 15.7 Å². The monoisotopic (exact) mass is 401 g/mol. The summed E-state index contributed by atoms with van der Waals surface area (Å²) in [5.74, 6) is -0.911. The van der Waals surface area contributed by atoms with E-state index in [2.05, 4.69) is 22.2 Å². The van der Waals surface area contributed by atoms with Gasteiger partial charge in [0.1, 0.15) is 5.75 Å². The summed E-state index contributed by atoms with van der Waals surface area (Å²) in [5.41, 5.74) is 2.53. The zero-order valence-electron chi connectivity index (χ0n) is 16.4. The Balaban J connectivity index is 1.73. The highest BCUT2D eigenvalue weighted by atomic mass is 16.3. The highest BCUT2D eigenvalue weighted by Crippen LogP contribution is 2.24. The first-order valence-electron chi connectivity index (χ1n) is 9.56. The van der Waals surface area contributed by atoms with E-state index in [0.29, 0.717) is 12.1 Å². The zero-order chi connectivity index (χ0) is 21.3. The Kier molecular flexibility index (Phi) is 6.95. The van der Waals surface area contributed by atoms with Crippen LogP contribution in [-0.4, -0.2) is 28.4 Å². The molecule has 2 aromatic carbocycles. The number of nitrogens with one attached hydrogen (secondary N) is 2. The maximum atomic E-state index is 12.7. The minimum Gasteiger partial charge on any atom is -0.506 e. The lowest BCUT2D eigenvalue weighted by molar-refractivity contribution is -0.111. The van der Waals surface area contributed by atoms with Crippen molar-refractivity contribution in [2.24, 2.45) is 0 Å². The zero-order valence-corrected chi connectivity index (χ0v) is 16.4. The van der Waals surface area contributed by atoms with Crippen LogP contribution in [0.3, 0.4) is 0 Å². The van der Waals surface area contributed by atoms with Crippen molar-refractivity contribution in [3.63, 3.8) is 0 Å². The van der Waals surface area contributed by atoms with E-state index in [-0.39, 0.29) is 23.3 Å². The molecular formula is C24H23N3O3. The second-order valence-electron chi connectivity index (χ2n) is 6.78. The molecule has 2 amide bonds. The SMILES string of the molecule is C=CC(=O)Nc1cc(C(=O)NC[C@H](Cc2ccccc2)c2ccccn2)ccc1O. The molecule has 6 heteroatoms. The quantitative estimate of drug-likeness (QED) is 0.397. The third kappa shape index (κ3) is 5.54. The summed E-state index contributed by atoms with van der Waals surface area (Å²) in [6, 6.07) is 20.1. The molecule has 1 heterocycles. The van der Waals surface area contributed by atoms with E-state index in [9.17, 15) is 14.7 Å². The van der Waals surface area contributed by atoms with Gasteiger partial charge in [0.05, 0.1) is 5.69 Å². The smallest absolute Gasteiger partial charge is 0.251 e. The van der Waals surface area contributed by atoms with E-state index < -0.39 is 5.91 Å². The van der Waals surface area contributed by atoms with Gasteiger partial charge in [-0.1, -0.05) is 43.0 Å². The second kappa shape index (κ2) is 10.0. The van der Waals surface area contributed by atoms with E-state index in [1.54, 1.807) is 6.20 Å². The summed E-state index contributed by atoms with van der Waals surface area (Å²) in [7, 11) is 0. The number of hydrogen-bond acceptors (Lipinski definition) is 4. The van der Waals surface area contributed by atoms with Gasteiger partial charge in [0.25, 0.3) is 5.91 Å². The lowest BCUT2D eigenvalue weighted by Gasteiger charge is -2.18. The van der Waals surface area contributed by atoms with Crippen LogP contribution in [-0.2, 0) is 11.2 Å². The van der Waals surface area contributed by atoms with E-state index in [1.165, 1.54) is 18.2 Å². The molecule has 0 radical (unpaired) electrons. The number of aromatic nitrogens is 1. The Morgan fingerprint density at radius 1 is 1.07 bits per heavy atom. The fourth-order valence-electron chi connectivity index (χ4n) is 3.08. The van der Waals surface area contributed by atoms with Crippen LogP contribution in [0.25, 0.3) is 0 Å². The third-order valence-electron chi connectivity index (χ3n) is 4.64. The van der Waals surface area contributed by atoms with Gasteiger partial charge in [0.2, 0.25) is 5.91 Å². The Hall–Kier alpha value is -3.93. The van der Waals surface area contributed by atoms with Crippen LogP contribution in [0, 0.1) is 0 Å². The summed E-state index contributed by atoms with van der Waals surface area (Å²) in [5, 5.41) is 15.3. The topological polar surface area (TPSA) is 91.3 Å². The number of aromatic hydroxyl groups is 1. The maximum absolute atomic E-state index is 12.7. The summed E-state index contributed by atoms with van der Waals surface area (Å²) >= 11 is 0. The van der Waals surface area contributed by atoms with Gasteiger partial charge in [-0.2, -0.15) is 0 Å². The van der Waals surface area contributed by atoms with Crippen molar-refractivity contribution < 1.29 is 14.7 Å². The lowest BCUT2D eigenvalue weighted by Crippen LogP contribution is -2.29. The van der Waals surface area contributed by atoms with Crippen LogP contribution in [0.15, 0.2) is 85.6 Å². The van der Waals surface area contributed by atoms with Crippen LogP contribution in [0.2, 0.25) is 0 Å². The van der Waals surface area contributed by atoms with Gasteiger partial charge in [0.15, 0.2) is 0 Å². The molecule has 152 valence electrons. The molecule has 0 bridgehead atoms. The molecule has 0 spiro atoms. The number of carbonyl (C=O) groups is 2. The number of anilines is 1. The molecule has 0 aliphatic carbocycles. The Morgan fingerprint density at radius 2 is 1.83 bits per heavy atom. The van der Waals surface area contributed by atoms with E-state index in [4.69, 9.17) is 0 Å². The van der Waals surface area contributed by atoms with Crippen LogP contribution in [0.5, 0.6) is 5.75 Å². The van der Waals surface area contributed by atoms with Crippen molar-refractivity contribution in [1.82, 2.24) is 10.3 Å². The Morgan fingerprint density at radius 3 is 2.53 bits per heavy atom. The predicted molar refractivity (Wildman–Crippen MR) is 116 cm³/mol. The second-order valence-corrected chi connectivity index (χ2v) is 6.78.